The van der Waals surface area contributed by atoms with E-state index in [0.717, 1.165) is 34.9 Å². The van der Waals surface area contributed by atoms with Crippen molar-refractivity contribution >= 4 is 54.4 Å². The molecule has 1 heterocycles. The Morgan fingerprint density at radius 2 is 1.11 bits per heavy atom. The smallest absolute Gasteiger partial charge is 0.231 e. The van der Waals surface area contributed by atoms with E-state index in [1.54, 1.807) is 68.4 Å². The van der Waals surface area contributed by atoms with Crippen molar-refractivity contribution in [3.63, 3.8) is 0 Å². The summed E-state index contributed by atoms with van der Waals surface area (Å²) in [6.07, 6.45) is 2.33. The topological polar surface area (TPSA) is 155 Å². The van der Waals surface area contributed by atoms with Gasteiger partial charge in [-0.15, -0.1) is 0 Å². The van der Waals surface area contributed by atoms with Crippen molar-refractivity contribution < 1.29 is 16.8 Å². The molecule has 11 nitrogen and oxygen atoms in total. The van der Waals surface area contributed by atoms with Crippen LogP contribution in [0.4, 0.5) is 23.3 Å². The van der Waals surface area contributed by atoms with E-state index in [1.807, 2.05) is 18.2 Å². The molecule has 4 aromatic rings. The van der Waals surface area contributed by atoms with Gasteiger partial charge in [0.1, 0.15) is 0 Å². The minimum absolute atomic E-state index is 0.0494. The highest BCUT2D eigenvalue weighted by atomic mass is 32.2. The van der Waals surface area contributed by atoms with E-state index in [0.29, 0.717) is 29.0 Å². The SMILES string of the molecule is CC(=NNc1cc(NN=C(C)c2ccc(S(C)(=O)=O)cc2)nc(Nc2cccc(C(C)(C)C)c2)n1)c1ccc(S(C)(=O)=O)cc1. The molecule has 3 N–H and O–H groups in total. The molecule has 0 aliphatic rings. The molecular weight excluding hydrogens is 611 g/mol. The molecule has 0 amide bonds. The second kappa shape index (κ2) is 13.2. The third-order valence-electron chi connectivity index (χ3n) is 6.79. The Kier molecular flexibility index (Phi) is 9.74. The Balaban J connectivity index is 1.63. The molecule has 0 saturated carbocycles. The maximum atomic E-state index is 11.8. The zero-order chi connectivity index (χ0) is 33.0. The molecule has 45 heavy (non-hydrogen) atoms. The number of hydrogen-bond acceptors (Lipinski definition) is 11. The number of hydrazone groups is 2. The third-order valence-corrected chi connectivity index (χ3v) is 9.04. The van der Waals surface area contributed by atoms with Gasteiger partial charge in [0.15, 0.2) is 31.3 Å². The summed E-state index contributed by atoms with van der Waals surface area (Å²) in [4.78, 5) is 9.63. The first-order chi connectivity index (χ1) is 21.0. The van der Waals surface area contributed by atoms with Crippen LogP contribution in [0.1, 0.15) is 51.3 Å². The van der Waals surface area contributed by atoms with Gasteiger partial charge in [0, 0.05) is 24.3 Å². The van der Waals surface area contributed by atoms with Crippen molar-refractivity contribution in [2.45, 2.75) is 49.8 Å². The van der Waals surface area contributed by atoms with Gasteiger partial charge in [-0.05, 0) is 72.4 Å². The lowest BCUT2D eigenvalue weighted by Gasteiger charge is -2.20. The highest BCUT2D eigenvalue weighted by Crippen LogP contribution is 2.26. The third kappa shape index (κ3) is 9.19. The molecule has 0 fully saturated rings. The molecule has 4 rings (SSSR count). The summed E-state index contributed by atoms with van der Waals surface area (Å²) in [6.45, 7) is 10.0. The Labute approximate surface area is 264 Å². The van der Waals surface area contributed by atoms with Crippen molar-refractivity contribution in [1.82, 2.24) is 9.97 Å². The minimum Gasteiger partial charge on any atom is -0.324 e. The van der Waals surface area contributed by atoms with Gasteiger partial charge in [-0.1, -0.05) is 57.2 Å². The lowest BCUT2D eigenvalue weighted by atomic mass is 9.87. The van der Waals surface area contributed by atoms with Crippen LogP contribution in [0.15, 0.2) is 98.9 Å². The summed E-state index contributed by atoms with van der Waals surface area (Å²) in [7, 11) is -6.61. The predicted octanol–water partition coefficient (Wildman–Crippen LogP) is 6.00. The molecule has 3 aromatic carbocycles. The van der Waals surface area contributed by atoms with Gasteiger partial charge in [0.2, 0.25) is 5.95 Å². The van der Waals surface area contributed by atoms with Crippen molar-refractivity contribution in [1.29, 1.82) is 0 Å². The molecule has 0 aliphatic heterocycles. The zero-order valence-corrected chi connectivity index (χ0v) is 27.9. The van der Waals surface area contributed by atoms with Crippen LogP contribution in [0, 0.1) is 0 Å². The molecular formula is C32H37N7O4S2. The number of sulfone groups is 2. The van der Waals surface area contributed by atoms with Crippen LogP contribution in [0.5, 0.6) is 0 Å². The van der Waals surface area contributed by atoms with Crippen LogP contribution in [0.3, 0.4) is 0 Å². The van der Waals surface area contributed by atoms with E-state index >= 15 is 0 Å². The summed E-state index contributed by atoms with van der Waals surface area (Å²) < 4.78 is 47.3. The van der Waals surface area contributed by atoms with Crippen LogP contribution < -0.4 is 16.2 Å². The average Bonchev–Trinajstić information content (AvgIpc) is 2.97. The average molecular weight is 648 g/mol. The normalized spacial score (nSPS) is 13.0. The van der Waals surface area contributed by atoms with Gasteiger partial charge >= 0.3 is 0 Å². The first-order valence-electron chi connectivity index (χ1n) is 14.0. The summed E-state index contributed by atoms with van der Waals surface area (Å²) in [5.41, 5.74) is 10.5. The fourth-order valence-corrected chi connectivity index (χ4v) is 5.37. The van der Waals surface area contributed by atoms with E-state index in [4.69, 9.17) is 0 Å². The van der Waals surface area contributed by atoms with Gasteiger partial charge in [-0.25, -0.2) is 16.8 Å². The monoisotopic (exact) mass is 647 g/mol. The van der Waals surface area contributed by atoms with Gasteiger partial charge in [-0.2, -0.15) is 20.2 Å². The standard InChI is InChI=1S/C32H37N7O4S2/c1-21(23-11-15-27(16-12-23)44(6,40)41)36-38-29-20-30(39-37-22(2)24-13-17-28(18-14-24)45(7,42)43)35-31(34-29)33-26-10-8-9-25(19-26)32(3,4)5/h8-20H,1-7H3,(H3,33,34,35,38,39). The van der Waals surface area contributed by atoms with Gasteiger partial charge < -0.3 is 5.32 Å². The first-order valence-corrected chi connectivity index (χ1v) is 17.8. The van der Waals surface area contributed by atoms with Gasteiger partial charge in [0.25, 0.3) is 0 Å². The lowest BCUT2D eigenvalue weighted by molar-refractivity contribution is 0.590. The maximum absolute atomic E-state index is 11.8. The number of aromatic nitrogens is 2. The Bertz CT molecular complexity index is 1850. The molecule has 0 spiro atoms. The largest absolute Gasteiger partial charge is 0.324 e. The van der Waals surface area contributed by atoms with Crippen molar-refractivity contribution in [3.05, 3.63) is 95.6 Å². The predicted molar refractivity (Wildman–Crippen MR) is 181 cm³/mol. The molecule has 0 saturated heterocycles. The molecule has 0 bridgehead atoms. The van der Waals surface area contributed by atoms with E-state index in [2.05, 4.69) is 63.2 Å². The van der Waals surface area contributed by atoms with Crippen molar-refractivity contribution in [2.75, 3.05) is 28.7 Å². The molecule has 1 aromatic heterocycles. The Morgan fingerprint density at radius 1 is 0.667 bits per heavy atom. The van der Waals surface area contributed by atoms with Gasteiger partial charge in [-0.3, -0.25) is 10.9 Å². The minimum atomic E-state index is -3.31. The number of anilines is 4. The van der Waals surface area contributed by atoms with Crippen LogP contribution in [0.25, 0.3) is 0 Å². The van der Waals surface area contributed by atoms with E-state index in [9.17, 15) is 16.8 Å². The summed E-state index contributed by atoms with van der Waals surface area (Å²) in [6, 6.07) is 22.6. The van der Waals surface area contributed by atoms with Crippen molar-refractivity contribution in [2.24, 2.45) is 10.2 Å². The second-order valence-electron chi connectivity index (χ2n) is 11.6. The maximum Gasteiger partial charge on any atom is 0.231 e. The number of rotatable bonds is 10. The number of benzene rings is 3. The number of nitrogens with one attached hydrogen (secondary N) is 3. The van der Waals surface area contributed by atoms with Crippen LogP contribution in [-0.2, 0) is 25.1 Å². The van der Waals surface area contributed by atoms with Crippen LogP contribution >= 0.6 is 0 Å². The summed E-state index contributed by atoms with van der Waals surface area (Å²) >= 11 is 0. The molecule has 0 aliphatic carbocycles. The van der Waals surface area contributed by atoms with E-state index in [1.165, 1.54) is 0 Å². The molecule has 236 valence electrons. The fourth-order valence-electron chi connectivity index (χ4n) is 4.11. The molecule has 0 radical (unpaired) electrons. The highest BCUT2D eigenvalue weighted by molar-refractivity contribution is 7.91. The highest BCUT2D eigenvalue weighted by Gasteiger charge is 2.15. The van der Waals surface area contributed by atoms with E-state index in [-0.39, 0.29) is 15.2 Å². The zero-order valence-electron chi connectivity index (χ0n) is 26.2. The van der Waals surface area contributed by atoms with E-state index < -0.39 is 19.7 Å². The number of nitrogens with zero attached hydrogens (tertiary/aromatic N) is 4. The summed E-state index contributed by atoms with van der Waals surface area (Å²) in [5, 5.41) is 12.2. The van der Waals surface area contributed by atoms with Crippen molar-refractivity contribution in [3.8, 4) is 0 Å². The number of hydrogen-bond donors (Lipinski definition) is 3. The second-order valence-corrected chi connectivity index (χ2v) is 15.7. The van der Waals surface area contributed by atoms with Gasteiger partial charge in [0.05, 0.1) is 21.2 Å². The Hall–Kier alpha value is -4.62. The van der Waals surface area contributed by atoms with Crippen LogP contribution in [0.2, 0.25) is 0 Å². The molecule has 0 unspecified atom stereocenters. The Morgan fingerprint density at radius 3 is 1.51 bits per heavy atom. The van der Waals surface area contributed by atoms with Crippen LogP contribution in [-0.4, -0.2) is 50.7 Å². The quantitative estimate of drug-likeness (QED) is 0.139. The first kappa shape index (κ1) is 33.3. The fraction of sp³-hybridized carbons (Fsp3) is 0.250. The molecule has 0 atom stereocenters. The molecule has 13 heteroatoms. The summed E-state index contributed by atoms with van der Waals surface area (Å²) in [5.74, 6) is 1.04. The lowest BCUT2D eigenvalue weighted by Crippen LogP contribution is -2.11.